The Morgan fingerprint density at radius 3 is 3.00 bits per heavy atom. The van der Waals surface area contributed by atoms with Crippen LogP contribution in [0.25, 0.3) is 0 Å². The van der Waals surface area contributed by atoms with E-state index in [0.29, 0.717) is 11.7 Å². The summed E-state index contributed by atoms with van der Waals surface area (Å²) in [7, 11) is 1.41. The van der Waals surface area contributed by atoms with Gasteiger partial charge in [-0.05, 0) is 13.0 Å². The average Bonchev–Trinajstić information content (AvgIpc) is 2.49. The van der Waals surface area contributed by atoms with E-state index >= 15 is 0 Å². The number of hydrogen-bond acceptors (Lipinski definition) is 6. The monoisotopic (exact) mass is 308 g/mol. The molecule has 2 N–H and O–H groups in total. The minimum absolute atomic E-state index is 0.0782. The summed E-state index contributed by atoms with van der Waals surface area (Å²) >= 11 is 0. The Morgan fingerprint density at radius 2 is 2.36 bits per heavy atom. The molecule has 0 bridgehead atoms. The Kier molecular flexibility index (Phi) is 5.29. The van der Waals surface area contributed by atoms with E-state index in [1.54, 1.807) is 0 Å². The number of nitro benzene ring substituents is 1. The fraction of sp³-hybridized carbons (Fsp3) is 0.500. The molecule has 0 aromatic heterocycles. The lowest BCUT2D eigenvalue weighted by atomic mass is 10.2. The number of rotatable bonds is 5. The number of carbonyl (C=O) groups is 1. The molecule has 8 heteroatoms. The fourth-order valence-electron chi connectivity index (χ4n) is 2.39. The highest BCUT2D eigenvalue weighted by Crippen LogP contribution is 2.28. The normalized spacial score (nSPS) is 18.7. The van der Waals surface area contributed by atoms with Crippen LogP contribution in [0.15, 0.2) is 18.2 Å². The number of non-ortho nitro benzene ring substituents is 1. The molecule has 0 aliphatic carbocycles. The van der Waals surface area contributed by atoms with Crippen molar-refractivity contribution >= 4 is 17.3 Å². The van der Waals surface area contributed by atoms with Crippen molar-refractivity contribution in [2.75, 3.05) is 38.6 Å². The van der Waals surface area contributed by atoms with Gasteiger partial charge in [0.1, 0.15) is 5.75 Å². The number of amides is 1. The second kappa shape index (κ2) is 7.19. The van der Waals surface area contributed by atoms with Crippen LogP contribution in [0.1, 0.15) is 6.92 Å². The summed E-state index contributed by atoms with van der Waals surface area (Å²) in [6.45, 7) is 4.87. The summed E-state index contributed by atoms with van der Waals surface area (Å²) in [6.07, 6.45) is 0. The maximum absolute atomic E-state index is 12.2. The molecule has 1 atom stereocenters. The van der Waals surface area contributed by atoms with E-state index in [2.05, 4.69) is 22.5 Å². The lowest BCUT2D eigenvalue weighted by Gasteiger charge is -2.33. The summed E-state index contributed by atoms with van der Waals surface area (Å²) in [6, 6.07) is 4.41. The zero-order chi connectivity index (χ0) is 16.1. The second-order valence-electron chi connectivity index (χ2n) is 5.21. The Morgan fingerprint density at radius 1 is 1.59 bits per heavy atom. The molecule has 22 heavy (non-hydrogen) atoms. The molecule has 1 fully saturated rings. The van der Waals surface area contributed by atoms with Gasteiger partial charge in [0.05, 0.1) is 30.3 Å². The third-order valence-electron chi connectivity index (χ3n) is 3.66. The molecule has 0 spiro atoms. The van der Waals surface area contributed by atoms with Crippen LogP contribution in [0.2, 0.25) is 0 Å². The zero-order valence-corrected chi connectivity index (χ0v) is 12.7. The smallest absolute Gasteiger partial charge is 0.273 e. The topological polar surface area (TPSA) is 96.7 Å². The van der Waals surface area contributed by atoms with Gasteiger partial charge in [0.15, 0.2) is 0 Å². The molecule has 2 rings (SSSR count). The molecule has 0 unspecified atom stereocenters. The number of carbonyl (C=O) groups excluding carboxylic acids is 1. The van der Waals surface area contributed by atoms with Gasteiger partial charge in [0, 0.05) is 31.7 Å². The first-order chi connectivity index (χ1) is 10.5. The predicted molar refractivity (Wildman–Crippen MR) is 82.2 cm³/mol. The van der Waals surface area contributed by atoms with Crippen LogP contribution in [-0.2, 0) is 4.79 Å². The van der Waals surface area contributed by atoms with Crippen molar-refractivity contribution in [1.82, 2.24) is 10.2 Å². The maximum Gasteiger partial charge on any atom is 0.273 e. The molecule has 1 saturated heterocycles. The van der Waals surface area contributed by atoms with E-state index in [-0.39, 0.29) is 23.9 Å². The Bertz CT molecular complexity index is 564. The van der Waals surface area contributed by atoms with Crippen molar-refractivity contribution in [3.63, 3.8) is 0 Å². The third-order valence-corrected chi connectivity index (χ3v) is 3.66. The first kappa shape index (κ1) is 16.2. The van der Waals surface area contributed by atoms with Crippen LogP contribution in [0.4, 0.5) is 11.4 Å². The Balaban J connectivity index is 2.03. The molecule has 1 aromatic rings. The van der Waals surface area contributed by atoms with Crippen molar-refractivity contribution in [3.8, 4) is 5.75 Å². The lowest BCUT2D eigenvalue weighted by molar-refractivity contribution is -0.384. The average molecular weight is 308 g/mol. The highest BCUT2D eigenvalue weighted by Gasteiger charge is 2.21. The standard InChI is InChI=1S/C14H20N4O4/c1-10-8-15-5-6-17(10)9-14(19)16-12-4-3-11(18(20)21)7-13(12)22-2/h3-4,7,10,15H,5-6,8-9H2,1-2H3,(H,16,19)/t10-/m1/s1. The SMILES string of the molecule is COc1cc([N+](=O)[O-])ccc1NC(=O)CN1CCNC[C@H]1C. The Hall–Kier alpha value is -2.19. The van der Waals surface area contributed by atoms with Gasteiger partial charge in [-0.2, -0.15) is 0 Å². The summed E-state index contributed by atoms with van der Waals surface area (Å²) in [5, 5.41) is 16.8. The van der Waals surface area contributed by atoms with Crippen LogP contribution in [-0.4, -0.2) is 55.1 Å². The van der Waals surface area contributed by atoms with E-state index in [4.69, 9.17) is 4.74 Å². The number of ether oxygens (including phenoxy) is 1. The molecule has 0 saturated carbocycles. The Labute approximate surface area is 128 Å². The van der Waals surface area contributed by atoms with Gasteiger partial charge in [-0.1, -0.05) is 0 Å². The first-order valence-electron chi connectivity index (χ1n) is 7.08. The van der Waals surface area contributed by atoms with Crippen molar-refractivity contribution < 1.29 is 14.5 Å². The predicted octanol–water partition coefficient (Wildman–Crippen LogP) is 0.836. The van der Waals surface area contributed by atoms with Gasteiger partial charge in [0.25, 0.3) is 5.69 Å². The van der Waals surface area contributed by atoms with E-state index in [0.717, 1.165) is 19.6 Å². The molecular formula is C14H20N4O4. The van der Waals surface area contributed by atoms with Gasteiger partial charge in [0.2, 0.25) is 5.91 Å². The van der Waals surface area contributed by atoms with Crippen LogP contribution < -0.4 is 15.4 Å². The number of nitrogens with one attached hydrogen (secondary N) is 2. The zero-order valence-electron chi connectivity index (χ0n) is 12.7. The fourth-order valence-corrected chi connectivity index (χ4v) is 2.39. The number of piperazine rings is 1. The molecular weight excluding hydrogens is 288 g/mol. The highest BCUT2D eigenvalue weighted by atomic mass is 16.6. The van der Waals surface area contributed by atoms with Gasteiger partial charge >= 0.3 is 0 Å². The van der Waals surface area contributed by atoms with Crippen molar-refractivity contribution in [2.45, 2.75) is 13.0 Å². The number of nitrogens with zero attached hydrogens (tertiary/aromatic N) is 2. The highest BCUT2D eigenvalue weighted by molar-refractivity contribution is 5.94. The number of benzene rings is 1. The van der Waals surface area contributed by atoms with Crippen molar-refractivity contribution in [1.29, 1.82) is 0 Å². The molecule has 1 heterocycles. The largest absolute Gasteiger partial charge is 0.494 e. The number of anilines is 1. The molecule has 1 aliphatic rings. The minimum atomic E-state index is -0.503. The molecule has 1 aromatic carbocycles. The summed E-state index contributed by atoms with van der Waals surface area (Å²) in [5.74, 6) is 0.108. The van der Waals surface area contributed by atoms with Crippen molar-refractivity contribution in [2.24, 2.45) is 0 Å². The number of nitro groups is 1. The summed E-state index contributed by atoms with van der Waals surface area (Å²) in [4.78, 5) is 24.5. The van der Waals surface area contributed by atoms with Gasteiger partial charge in [-0.25, -0.2) is 0 Å². The van der Waals surface area contributed by atoms with Crippen LogP contribution in [0.3, 0.4) is 0 Å². The molecule has 8 nitrogen and oxygen atoms in total. The molecule has 1 amide bonds. The molecule has 120 valence electrons. The third kappa shape index (κ3) is 3.92. The summed E-state index contributed by atoms with van der Waals surface area (Å²) in [5.41, 5.74) is 0.353. The molecule has 0 radical (unpaired) electrons. The van der Waals surface area contributed by atoms with Gasteiger partial charge < -0.3 is 15.4 Å². The van der Waals surface area contributed by atoms with Crippen molar-refractivity contribution in [3.05, 3.63) is 28.3 Å². The van der Waals surface area contributed by atoms with Crippen LogP contribution in [0, 0.1) is 10.1 Å². The first-order valence-corrected chi connectivity index (χ1v) is 7.08. The molecule has 1 aliphatic heterocycles. The van der Waals surface area contributed by atoms with Crippen LogP contribution in [0.5, 0.6) is 5.75 Å². The minimum Gasteiger partial charge on any atom is -0.494 e. The van der Waals surface area contributed by atoms with E-state index in [1.165, 1.54) is 25.3 Å². The second-order valence-corrected chi connectivity index (χ2v) is 5.21. The van der Waals surface area contributed by atoms with Crippen LogP contribution >= 0.6 is 0 Å². The van der Waals surface area contributed by atoms with E-state index in [9.17, 15) is 14.9 Å². The quantitative estimate of drug-likeness (QED) is 0.618. The number of methoxy groups -OCH3 is 1. The van der Waals surface area contributed by atoms with E-state index in [1.807, 2.05) is 0 Å². The maximum atomic E-state index is 12.2. The van der Waals surface area contributed by atoms with Gasteiger partial charge in [-0.3, -0.25) is 19.8 Å². The summed E-state index contributed by atoms with van der Waals surface area (Å²) < 4.78 is 5.11. The van der Waals surface area contributed by atoms with E-state index < -0.39 is 4.92 Å². The number of hydrogen-bond donors (Lipinski definition) is 2. The van der Waals surface area contributed by atoms with Gasteiger partial charge in [-0.15, -0.1) is 0 Å². The lowest BCUT2D eigenvalue weighted by Crippen LogP contribution is -2.51.